The lowest BCUT2D eigenvalue weighted by atomic mass is 9.97. The van der Waals surface area contributed by atoms with Gasteiger partial charge in [-0.25, -0.2) is 0 Å². The fraction of sp³-hybridized carbons (Fsp3) is 0.429. The van der Waals surface area contributed by atoms with Gasteiger partial charge in [0.05, 0.1) is 22.5 Å². The van der Waals surface area contributed by atoms with Crippen LogP contribution < -0.4 is 5.73 Å². The topological polar surface area (TPSA) is 63.4 Å². The highest BCUT2D eigenvalue weighted by atomic mass is 35.5. The molecule has 1 heterocycles. The van der Waals surface area contributed by atoms with Crippen LogP contribution in [0.25, 0.3) is 0 Å². The summed E-state index contributed by atoms with van der Waals surface area (Å²) in [5, 5.41) is 0.793. The Labute approximate surface area is 127 Å². The van der Waals surface area contributed by atoms with Gasteiger partial charge in [0, 0.05) is 12.1 Å². The quantitative estimate of drug-likeness (QED) is 0.868. The Bertz CT molecular complexity index is 534. The van der Waals surface area contributed by atoms with E-state index in [2.05, 4.69) is 0 Å². The SMILES string of the molecule is NC(=O)C1CCCN(CC(=O)c2ccc(Cl)c(Cl)c2)C1. The summed E-state index contributed by atoms with van der Waals surface area (Å²) < 4.78 is 0. The number of nitrogens with two attached hydrogens (primary N) is 1. The normalized spacial score (nSPS) is 19.8. The maximum absolute atomic E-state index is 12.2. The molecule has 6 heteroatoms. The first kappa shape index (κ1) is 15.3. The summed E-state index contributed by atoms with van der Waals surface area (Å²) >= 11 is 11.7. The first-order chi connectivity index (χ1) is 9.47. The van der Waals surface area contributed by atoms with Crippen molar-refractivity contribution < 1.29 is 9.59 Å². The van der Waals surface area contributed by atoms with E-state index in [9.17, 15) is 9.59 Å². The van der Waals surface area contributed by atoms with Crippen LogP contribution in [-0.4, -0.2) is 36.2 Å². The highest BCUT2D eigenvalue weighted by Gasteiger charge is 2.25. The first-order valence-corrected chi connectivity index (χ1v) is 7.23. The van der Waals surface area contributed by atoms with E-state index in [0.717, 1.165) is 19.4 Å². The van der Waals surface area contributed by atoms with E-state index < -0.39 is 0 Å². The third kappa shape index (κ3) is 3.72. The van der Waals surface area contributed by atoms with E-state index >= 15 is 0 Å². The molecule has 2 rings (SSSR count). The van der Waals surface area contributed by atoms with Crippen LogP contribution in [0, 0.1) is 5.92 Å². The molecule has 1 aromatic rings. The molecule has 1 saturated heterocycles. The zero-order valence-corrected chi connectivity index (χ0v) is 12.5. The van der Waals surface area contributed by atoms with Crippen LogP contribution in [0.3, 0.4) is 0 Å². The summed E-state index contributed by atoms with van der Waals surface area (Å²) in [5.41, 5.74) is 5.85. The molecule has 20 heavy (non-hydrogen) atoms. The van der Waals surface area contributed by atoms with Crippen molar-refractivity contribution in [3.8, 4) is 0 Å². The fourth-order valence-electron chi connectivity index (χ4n) is 2.40. The number of carbonyl (C=O) groups is 2. The van der Waals surface area contributed by atoms with Crippen molar-refractivity contribution in [1.82, 2.24) is 4.90 Å². The first-order valence-electron chi connectivity index (χ1n) is 6.47. The minimum absolute atomic E-state index is 0.0336. The van der Waals surface area contributed by atoms with Crippen LogP contribution in [-0.2, 0) is 4.79 Å². The average Bonchev–Trinajstić information content (AvgIpc) is 2.42. The lowest BCUT2D eigenvalue weighted by molar-refractivity contribution is -0.123. The maximum Gasteiger partial charge on any atom is 0.221 e. The lowest BCUT2D eigenvalue weighted by Gasteiger charge is -2.30. The number of nitrogens with zero attached hydrogens (tertiary/aromatic N) is 1. The Balaban J connectivity index is 2.00. The number of piperidine rings is 1. The van der Waals surface area contributed by atoms with Gasteiger partial charge < -0.3 is 5.73 Å². The number of Topliss-reactive ketones (excluding diaryl/α,β-unsaturated/α-hetero) is 1. The van der Waals surface area contributed by atoms with Gasteiger partial charge in [0.25, 0.3) is 0 Å². The molecule has 1 fully saturated rings. The summed E-state index contributed by atoms with van der Waals surface area (Å²) in [6.45, 7) is 1.61. The Hall–Kier alpha value is -1.10. The smallest absolute Gasteiger partial charge is 0.221 e. The third-order valence-corrected chi connectivity index (χ3v) is 4.26. The summed E-state index contributed by atoms with van der Waals surface area (Å²) in [6, 6.07) is 4.84. The number of amides is 1. The molecule has 1 aliphatic rings. The highest BCUT2D eigenvalue weighted by Crippen LogP contribution is 2.23. The summed E-state index contributed by atoms with van der Waals surface area (Å²) in [6.07, 6.45) is 1.68. The minimum atomic E-state index is -0.295. The van der Waals surface area contributed by atoms with Crippen LogP contribution in [0.1, 0.15) is 23.2 Å². The lowest BCUT2D eigenvalue weighted by Crippen LogP contribution is -2.43. The molecule has 1 amide bonds. The van der Waals surface area contributed by atoms with E-state index in [1.54, 1.807) is 18.2 Å². The van der Waals surface area contributed by atoms with Gasteiger partial charge >= 0.3 is 0 Å². The second kappa shape index (κ2) is 6.57. The molecule has 0 saturated carbocycles. The van der Waals surface area contributed by atoms with Crippen LogP contribution in [0.5, 0.6) is 0 Å². The largest absolute Gasteiger partial charge is 0.369 e. The van der Waals surface area contributed by atoms with Crippen LogP contribution in [0.4, 0.5) is 0 Å². The zero-order chi connectivity index (χ0) is 14.7. The molecule has 1 unspecified atom stereocenters. The third-order valence-electron chi connectivity index (χ3n) is 3.52. The van der Waals surface area contributed by atoms with E-state index in [0.29, 0.717) is 22.2 Å². The maximum atomic E-state index is 12.2. The van der Waals surface area contributed by atoms with Gasteiger partial charge in [-0.1, -0.05) is 23.2 Å². The Morgan fingerprint density at radius 3 is 2.70 bits per heavy atom. The summed E-state index contributed by atoms with van der Waals surface area (Å²) in [7, 11) is 0. The van der Waals surface area contributed by atoms with Crippen molar-refractivity contribution in [2.45, 2.75) is 12.8 Å². The number of benzene rings is 1. The fourth-order valence-corrected chi connectivity index (χ4v) is 2.69. The van der Waals surface area contributed by atoms with Gasteiger partial charge in [-0.3, -0.25) is 14.5 Å². The summed E-state index contributed by atoms with van der Waals surface area (Å²) in [4.78, 5) is 25.4. The van der Waals surface area contributed by atoms with E-state index in [4.69, 9.17) is 28.9 Å². The van der Waals surface area contributed by atoms with Crippen LogP contribution in [0.2, 0.25) is 10.0 Å². The Morgan fingerprint density at radius 2 is 2.05 bits per heavy atom. The molecule has 1 aliphatic heterocycles. The molecule has 108 valence electrons. The van der Waals surface area contributed by atoms with Gasteiger partial charge in [0.1, 0.15) is 0 Å². The number of rotatable bonds is 4. The standard InChI is InChI=1S/C14H16Cl2N2O2/c15-11-4-3-9(6-12(11)16)13(19)8-18-5-1-2-10(7-18)14(17)20/h3-4,6,10H,1-2,5,7-8H2,(H2,17,20). The molecule has 0 bridgehead atoms. The zero-order valence-electron chi connectivity index (χ0n) is 10.9. The molecule has 1 aromatic carbocycles. The molecule has 0 aliphatic carbocycles. The number of hydrogen-bond donors (Lipinski definition) is 1. The number of hydrogen-bond acceptors (Lipinski definition) is 3. The van der Waals surface area contributed by atoms with Gasteiger partial charge in [-0.2, -0.15) is 0 Å². The molecule has 0 aromatic heterocycles. The van der Waals surface area contributed by atoms with Crippen molar-refractivity contribution in [3.05, 3.63) is 33.8 Å². The highest BCUT2D eigenvalue weighted by molar-refractivity contribution is 6.42. The number of halogens is 2. The second-order valence-corrected chi connectivity index (χ2v) is 5.84. The predicted molar refractivity (Wildman–Crippen MR) is 79.2 cm³/mol. The molecule has 0 radical (unpaired) electrons. The predicted octanol–water partition coefficient (Wildman–Crippen LogP) is 2.37. The number of primary amides is 1. The minimum Gasteiger partial charge on any atom is -0.369 e. The molecule has 1 atom stereocenters. The van der Waals surface area contributed by atoms with E-state index in [1.807, 2.05) is 4.90 Å². The number of carbonyl (C=O) groups excluding carboxylic acids is 2. The summed E-state index contributed by atoms with van der Waals surface area (Å²) in [5.74, 6) is -0.490. The Morgan fingerprint density at radius 1 is 1.30 bits per heavy atom. The van der Waals surface area contributed by atoms with Crippen molar-refractivity contribution in [1.29, 1.82) is 0 Å². The second-order valence-electron chi connectivity index (χ2n) is 5.03. The van der Waals surface area contributed by atoms with Crippen molar-refractivity contribution in [2.24, 2.45) is 11.7 Å². The molecule has 2 N–H and O–H groups in total. The Kier molecular flexibility index (Phi) is 5.02. The molecule has 0 spiro atoms. The van der Waals surface area contributed by atoms with E-state index in [1.165, 1.54) is 0 Å². The van der Waals surface area contributed by atoms with Gasteiger partial charge in [0.2, 0.25) is 5.91 Å². The average molecular weight is 315 g/mol. The van der Waals surface area contributed by atoms with Gasteiger partial charge in [-0.05, 0) is 37.6 Å². The van der Waals surface area contributed by atoms with Crippen molar-refractivity contribution in [3.63, 3.8) is 0 Å². The molecular weight excluding hydrogens is 299 g/mol. The molecule has 4 nitrogen and oxygen atoms in total. The monoisotopic (exact) mass is 314 g/mol. The number of ketones is 1. The van der Waals surface area contributed by atoms with Crippen LogP contribution in [0.15, 0.2) is 18.2 Å². The number of likely N-dealkylation sites (tertiary alicyclic amines) is 1. The van der Waals surface area contributed by atoms with E-state index in [-0.39, 0.29) is 24.2 Å². The molecular formula is C14H16Cl2N2O2. The van der Waals surface area contributed by atoms with Crippen LogP contribution >= 0.6 is 23.2 Å². The van der Waals surface area contributed by atoms with Gasteiger partial charge in [-0.15, -0.1) is 0 Å². The van der Waals surface area contributed by atoms with Crippen molar-refractivity contribution in [2.75, 3.05) is 19.6 Å². The van der Waals surface area contributed by atoms with Gasteiger partial charge in [0.15, 0.2) is 5.78 Å². The van der Waals surface area contributed by atoms with Crippen molar-refractivity contribution >= 4 is 34.9 Å².